The summed E-state index contributed by atoms with van der Waals surface area (Å²) in [6.07, 6.45) is 10.2. The van der Waals surface area contributed by atoms with E-state index in [1.165, 1.54) is 44.9 Å². The normalized spacial score (nSPS) is 10.2. The molecule has 0 spiro atoms. The second-order valence-corrected chi connectivity index (χ2v) is 13.2. The molecule has 105 valence electrons. The Morgan fingerprint density at radius 3 is 1.61 bits per heavy atom. The number of nitrogens with one attached hydrogen (secondary N) is 1. The van der Waals surface area contributed by atoms with Crippen LogP contribution < -0.4 is 0 Å². The van der Waals surface area contributed by atoms with Gasteiger partial charge in [-0.25, -0.2) is 5.10 Å². The van der Waals surface area contributed by atoms with Crippen LogP contribution >= 0.6 is 0 Å². The van der Waals surface area contributed by atoms with E-state index in [0.29, 0.717) is 0 Å². The van der Waals surface area contributed by atoms with E-state index in [-0.39, 0.29) is 0 Å². The fourth-order valence-electron chi connectivity index (χ4n) is 1.78. The molecule has 18 heavy (non-hydrogen) atoms. The zero-order chi connectivity index (χ0) is 13.5. The van der Waals surface area contributed by atoms with Crippen molar-refractivity contribution in [2.24, 2.45) is 0 Å². The summed E-state index contributed by atoms with van der Waals surface area (Å²) in [5, 5.41) is 12.1. The SMILES string of the molecule is CCC[CH2][Sn]([CH2]CCC)[CH2]CCC.c1nnn[nH]1. The molecule has 0 unspecified atom stereocenters. The molecule has 1 aromatic rings. The van der Waals surface area contributed by atoms with E-state index in [1.807, 2.05) is 0 Å². The Hall–Kier alpha value is -0.131. The smallest absolute Gasteiger partial charge is 0.135 e. The largest absolute Gasteiger partial charge is 0.246 e. The summed E-state index contributed by atoms with van der Waals surface area (Å²) < 4.78 is 5.04. The molecule has 0 aliphatic rings. The first-order valence-electron chi connectivity index (χ1n) is 7.35. The van der Waals surface area contributed by atoms with E-state index in [9.17, 15) is 0 Å². The second kappa shape index (κ2) is 14.9. The number of rotatable bonds is 9. The fraction of sp³-hybridized carbons (Fsp3) is 0.923. The monoisotopic (exact) mass is 361 g/mol. The van der Waals surface area contributed by atoms with Crippen molar-refractivity contribution in [1.29, 1.82) is 0 Å². The van der Waals surface area contributed by atoms with E-state index in [2.05, 4.69) is 41.4 Å². The van der Waals surface area contributed by atoms with Gasteiger partial charge in [0.15, 0.2) is 0 Å². The van der Waals surface area contributed by atoms with Crippen molar-refractivity contribution in [2.75, 3.05) is 0 Å². The summed E-state index contributed by atoms with van der Waals surface area (Å²) in [5.74, 6) is 0. The number of aromatic nitrogens is 4. The number of aromatic amines is 1. The van der Waals surface area contributed by atoms with Crippen LogP contribution in [0.15, 0.2) is 6.33 Å². The Labute approximate surface area is 119 Å². The minimum absolute atomic E-state index is 0.839. The van der Waals surface area contributed by atoms with Crippen LogP contribution in [-0.2, 0) is 0 Å². The van der Waals surface area contributed by atoms with Gasteiger partial charge in [-0.2, -0.15) is 0 Å². The minimum atomic E-state index is -0.839. The molecular weight excluding hydrogens is 331 g/mol. The van der Waals surface area contributed by atoms with Gasteiger partial charge in [0.25, 0.3) is 0 Å². The molecule has 0 bridgehead atoms. The van der Waals surface area contributed by atoms with Gasteiger partial charge in [-0.05, 0) is 10.4 Å². The van der Waals surface area contributed by atoms with Gasteiger partial charge in [-0.15, -0.1) is 5.10 Å². The first-order chi connectivity index (χ1) is 8.85. The van der Waals surface area contributed by atoms with Crippen LogP contribution in [0.3, 0.4) is 0 Å². The van der Waals surface area contributed by atoms with E-state index in [1.54, 1.807) is 13.3 Å². The molecule has 0 saturated carbocycles. The molecular formula is C13H29N4Sn. The summed E-state index contributed by atoms with van der Waals surface area (Å²) in [6.45, 7) is 7.00. The second-order valence-electron chi connectivity index (χ2n) is 4.62. The Kier molecular flexibility index (Phi) is 14.8. The average molecular weight is 360 g/mol. The maximum absolute atomic E-state index is 3.31. The van der Waals surface area contributed by atoms with Gasteiger partial charge in [-0.1, -0.05) is 0 Å². The molecule has 1 heterocycles. The molecule has 0 aliphatic heterocycles. The van der Waals surface area contributed by atoms with E-state index < -0.39 is 19.8 Å². The maximum Gasteiger partial charge on any atom is 0.135 e. The third-order valence-electron chi connectivity index (χ3n) is 2.92. The Morgan fingerprint density at radius 2 is 1.39 bits per heavy atom. The maximum atomic E-state index is 3.31. The molecule has 0 saturated heterocycles. The van der Waals surface area contributed by atoms with Crippen molar-refractivity contribution < 1.29 is 0 Å². The minimum Gasteiger partial charge on any atom is -0.246 e. The number of hydrogen-bond donors (Lipinski definition) is 1. The average Bonchev–Trinajstić information content (AvgIpc) is 2.97. The van der Waals surface area contributed by atoms with Crippen molar-refractivity contribution in [3.63, 3.8) is 0 Å². The number of H-pyrrole nitrogens is 1. The van der Waals surface area contributed by atoms with Crippen molar-refractivity contribution >= 4 is 19.8 Å². The van der Waals surface area contributed by atoms with Crippen molar-refractivity contribution in [3.05, 3.63) is 6.33 Å². The van der Waals surface area contributed by atoms with Gasteiger partial charge in [0.2, 0.25) is 0 Å². The van der Waals surface area contributed by atoms with Crippen LogP contribution in [0, 0.1) is 0 Å². The Morgan fingerprint density at radius 1 is 0.889 bits per heavy atom. The van der Waals surface area contributed by atoms with Gasteiger partial charge < -0.3 is 0 Å². The van der Waals surface area contributed by atoms with Crippen molar-refractivity contribution in [1.82, 2.24) is 20.6 Å². The molecule has 0 fully saturated rings. The zero-order valence-corrected chi connectivity index (χ0v) is 15.1. The molecule has 0 atom stereocenters. The van der Waals surface area contributed by atoms with Crippen LogP contribution in [0.4, 0.5) is 0 Å². The van der Waals surface area contributed by atoms with Crippen molar-refractivity contribution in [2.45, 2.75) is 72.6 Å². The van der Waals surface area contributed by atoms with Gasteiger partial charge in [0, 0.05) is 0 Å². The fourth-order valence-corrected chi connectivity index (χ4v) is 11.2. The third kappa shape index (κ3) is 12.3. The summed E-state index contributed by atoms with van der Waals surface area (Å²) in [7, 11) is 0. The molecule has 0 aliphatic carbocycles. The van der Waals surface area contributed by atoms with Gasteiger partial charge in [0.05, 0.1) is 0 Å². The Bertz CT molecular complexity index is 193. The molecule has 0 aromatic carbocycles. The molecule has 5 heteroatoms. The number of unbranched alkanes of at least 4 members (excludes halogenated alkanes) is 3. The van der Waals surface area contributed by atoms with Crippen LogP contribution in [0.2, 0.25) is 13.3 Å². The van der Waals surface area contributed by atoms with E-state index in [4.69, 9.17) is 0 Å². The Balaban J connectivity index is 0.000000473. The van der Waals surface area contributed by atoms with Crippen molar-refractivity contribution in [3.8, 4) is 0 Å². The molecule has 1 N–H and O–H groups in total. The van der Waals surface area contributed by atoms with Gasteiger partial charge in [0.1, 0.15) is 6.33 Å². The van der Waals surface area contributed by atoms with Crippen LogP contribution in [0.25, 0.3) is 0 Å². The molecule has 0 amide bonds. The van der Waals surface area contributed by atoms with Crippen LogP contribution in [0.5, 0.6) is 0 Å². The van der Waals surface area contributed by atoms with Gasteiger partial charge in [-0.3, -0.25) is 0 Å². The number of nitrogens with zero attached hydrogens (tertiary/aromatic N) is 3. The van der Waals surface area contributed by atoms with E-state index >= 15 is 0 Å². The summed E-state index contributed by atoms with van der Waals surface area (Å²) in [5.41, 5.74) is 0. The summed E-state index contributed by atoms with van der Waals surface area (Å²) >= 11 is -0.839. The first-order valence-corrected chi connectivity index (χ1v) is 13.4. The molecule has 1 rings (SSSR count). The quantitative estimate of drug-likeness (QED) is 0.676. The number of tetrazole rings is 1. The van der Waals surface area contributed by atoms with Gasteiger partial charge >= 0.3 is 92.4 Å². The molecule has 1 radical (unpaired) electrons. The third-order valence-corrected chi connectivity index (χ3v) is 12.0. The predicted octanol–water partition coefficient (Wildman–Crippen LogP) is 4.08. The summed E-state index contributed by atoms with van der Waals surface area (Å²) in [4.78, 5) is 0. The predicted molar refractivity (Wildman–Crippen MR) is 79.1 cm³/mol. The van der Waals surface area contributed by atoms with E-state index in [0.717, 1.165) is 0 Å². The molecule has 1 aromatic heterocycles. The van der Waals surface area contributed by atoms with Crippen LogP contribution in [-0.4, -0.2) is 40.4 Å². The zero-order valence-electron chi connectivity index (χ0n) is 12.3. The standard InChI is InChI=1S/3C4H9.CH2N4.Sn/c3*1-3-4-2;1-2-4-5-3-1;/h3*1,3-4H2,2H3;1H,(H,2,3,4,5);. The van der Waals surface area contributed by atoms with Crippen LogP contribution in [0.1, 0.15) is 59.3 Å². The first kappa shape index (κ1) is 17.9. The molecule has 4 nitrogen and oxygen atoms in total. The topological polar surface area (TPSA) is 54.5 Å². The summed E-state index contributed by atoms with van der Waals surface area (Å²) in [6, 6.07) is 0. The number of hydrogen-bond acceptors (Lipinski definition) is 3.